The Bertz CT molecular complexity index is 907. The highest BCUT2D eigenvalue weighted by molar-refractivity contribution is 9.48. The molecule has 0 radical (unpaired) electrons. The average molecular weight is 478 g/mol. The van der Waals surface area contributed by atoms with E-state index < -0.39 is 15.0 Å². The third-order valence-electron chi connectivity index (χ3n) is 3.59. The first-order valence-electron chi connectivity index (χ1n) is 7.74. The van der Waals surface area contributed by atoms with E-state index in [9.17, 15) is 4.79 Å². The molecule has 1 heterocycles. The third-order valence-corrected chi connectivity index (χ3v) is 34.8. The molecule has 0 saturated carbocycles. The van der Waals surface area contributed by atoms with E-state index in [1.807, 2.05) is 48.5 Å². The summed E-state index contributed by atoms with van der Waals surface area (Å²) in [4.78, 5) is 11.0. The summed E-state index contributed by atoms with van der Waals surface area (Å²) < 4.78 is 11.9. The first-order valence-corrected chi connectivity index (χ1v) is 17.4. The molecule has 1 fully saturated rings. The van der Waals surface area contributed by atoms with Crippen molar-refractivity contribution in [2.75, 3.05) is 21.0 Å². The summed E-state index contributed by atoms with van der Waals surface area (Å²) in [5.74, 6) is 1.45. The van der Waals surface area contributed by atoms with Gasteiger partial charge < -0.3 is 19.5 Å². The standard InChI is InChI=1S/C16H17NO4P2S4/c1-17-16(18)21-11-20-13-5-9-15(10-6-13)23(25)26-22(24,27-23)14-7-3-12(19-2)4-8-14/h3-10H,11H2,1-2H3,(H,17,18). The van der Waals surface area contributed by atoms with Gasteiger partial charge in [-0.15, -0.1) is 0 Å². The fourth-order valence-corrected chi connectivity index (χ4v) is 44.5. The number of hydrogen-bond acceptors (Lipinski definition) is 8. The molecule has 1 amide bonds. The molecule has 0 spiro atoms. The molecule has 27 heavy (non-hydrogen) atoms. The minimum atomic E-state index is -1.79. The summed E-state index contributed by atoms with van der Waals surface area (Å²) in [5.41, 5.74) is 0. The van der Waals surface area contributed by atoms with Gasteiger partial charge in [0.25, 0.3) is 0 Å². The minimum absolute atomic E-state index is 0.144. The molecule has 0 bridgehead atoms. The number of alkyl carbamates (subject to hydrolysis) is 1. The van der Waals surface area contributed by atoms with Crippen molar-refractivity contribution in [3.8, 4) is 11.5 Å². The molecule has 2 aromatic rings. The summed E-state index contributed by atoms with van der Waals surface area (Å²) in [6.07, 6.45) is -0.534. The molecule has 5 nitrogen and oxygen atoms in total. The summed E-state index contributed by atoms with van der Waals surface area (Å²) in [5, 5.41) is 4.63. The van der Waals surface area contributed by atoms with Crippen LogP contribution in [0.15, 0.2) is 48.5 Å². The second-order valence-electron chi connectivity index (χ2n) is 5.29. The van der Waals surface area contributed by atoms with Gasteiger partial charge >= 0.3 is 6.09 Å². The van der Waals surface area contributed by atoms with Gasteiger partial charge in [0, 0.05) is 17.7 Å². The van der Waals surface area contributed by atoms with Crippen LogP contribution in [0.4, 0.5) is 4.79 Å². The molecule has 1 aliphatic rings. The smallest absolute Gasteiger partial charge is 0.409 e. The highest BCUT2D eigenvalue weighted by Gasteiger charge is 2.45. The van der Waals surface area contributed by atoms with E-state index in [4.69, 9.17) is 37.8 Å². The molecule has 2 aromatic carbocycles. The van der Waals surface area contributed by atoms with Gasteiger partial charge in [0.1, 0.15) is 11.5 Å². The lowest BCUT2D eigenvalue weighted by atomic mass is 10.3. The van der Waals surface area contributed by atoms with Crippen molar-refractivity contribution < 1.29 is 19.0 Å². The van der Waals surface area contributed by atoms with Crippen molar-refractivity contribution in [3.63, 3.8) is 0 Å². The summed E-state index contributed by atoms with van der Waals surface area (Å²) in [6, 6.07) is 15.6. The van der Waals surface area contributed by atoms with Gasteiger partial charge in [-0.1, -0.05) is 45.6 Å². The Labute approximate surface area is 175 Å². The molecule has 0 aromatic heterocycles. The lowest BCUT2D eigenvalue weighted by molar-refractivity contribution is 0.0608. The van der Waals surface area contributed by atoms with Crippen molar-refractivity contribution in [2.45, 2.75) is 0 Å². The molecule has 1 saturated heterocycles. The first kappa shape index (κ1) is 21.0. The van der Waals surface area contributed by atoms with Crippen molar-refractivity contribution in [2.24, 2.45) is 0 Å². The Morgan fingerprint density at radius 3 is 1.89 bits per heavy atom. The van der Waals surface area contributed by atoms with Gasteiger partial charge in [0.05, 0.1) is 16.0 Å². The third kappa shape index (κ3) is 4.84. The SMILES string of the molecule is CNC(=O)OCOc1ccc(P2(=S)SP(=S)(c3ccc(OC)cc3)S2)cc1. The number of hydrogen-bond donors (Lipinski definition) is 1. The highest BCUT2D eigenvalue weighted by Crippen LogP contribution is 3.04. The van der Waals surface area contributed by atoms with Crippen LogP contribution >= 0.6 is 30.9 Å². The predicted molar refractivity (Wildman–Crippen MR) is 123 cm³/mol. The number of benzene rings is 2. The minimum Gasteiger partial charge on any atom is -0.497 e. The van der Waals surface area contributed by atoms with Crippen molar-refractivity contribution in [1.82, 2.24) is 5.32 Å². The van der Waals surface area contributed by atoms with E-state index in [0.717, 1.165) is 11.1 Å². The number of carbonyl (C=O) groups is 1. The van der Waals surface area contributed by atoms with Gasteiger partial charge in [0.15, 0.2) is 0 Å². The van der Waals surface area contributed by atoms with Crippen LogP contribution in [0.5, 0.6) is 11.5 Å². The number of nitrogens with one attached hydrogen (secondary N) is 1. The first-order chi connectivity index (χ1) is 12.9. The Balaban J connectivity index is 1.63. The highest BCUT2D eigenvalue weighted by atomic mass is 33.7. The van der Waals surface area contributed by atoms with Crippen LogP contribution in [0.2, 0.25) is 0 Å². The molecular weight excluding hydrogens is 460 g/mol. The predicted octanol–water partition coefficient (Wildman–Crippen LogP) is 4.44. The second kappa shape index (κ2) is 8.76. The van der Waals surface area contributed by atoms with E-state index in [0.29, 0.717) is 5.75 Å². The van der Waals surface area contributed by atoms with Crippen molar-refractivity contribution in [1.29, 1.82) is 0 Å². The molecule has 1 N–H and O–H groups in total. The van der Waals surface area contributed by atoms with E-state index >= 15 is 0 Å². The number of amides is 1. The van der Waals surface area contributed by atoms with E-state index in [-0.39, 0.29) is 6.79 Å². The largest absolute Gasteiger partial charge is 0.497 e. The van der Waals surface area contributed by atoms with Gasteiger partial charge in [-0.25, -0.2) is 4.79 Å². The fourth-order valence-electron chi connectivity index (χ4n) is 2.19. The lowest BCUT2D eigenvalue weighted by Gasteiger charge is -2.40. The summed E-state index contributed by atoms with van der Waals surface area (Å²) in [7, 11) is 3.14. The molecule has 0 unspecified atom stereocenters. The zero-order valence-corrected chi connectivity index (χ0v) is 19.5. The van der Waals surface area contributed by atoms with Crippen molar-refractivity contribution in [3.05, 3.63) is 48.5 Å². The van der Waals surface area contributed by atoms with Crippen LogP contribution in [0, 0.1) is 0 Å². The maximum atomic E-state index is 11.0. The molecule has 0 atom stereocenters. The van der Waals surface area contributed by atoms with E-state index in [2.05, 4.69) is 5.32 Å². The zero-order valence-electron chi connectivity index (χ0n) is 14.5. The van der Waals surface area contributed by atoms with Crippen LogP contribution < -0.4 is 25.4 Å². The monoisotopic (exact) mass is 477 g/mol. The Morgan fingerprint density at radius 1 is 0.963 bits per heavy atom. The van der Waals surface area contributed by atoms with Crippen LogP contribution in [-0.2, 0) is 28.4 Å². The van der Waals surface area contributed by atoms with Crippen LogP contribution in [0.25, 0.3) is 0 Å². The number of carbonyl (C=O) groups excluding carboxylic acids is 1. The molecule has 3 rings (SSSR count). The normalized spacial score (nSPS) is 23.8. The number of ether oxygens (including phenoxy) is 3. The van der Waals surface area contributed by atoms with Crippen molar-refractivity contribution >= 4 is 71.2 Å². The summed E-state index contributed by atoms with van der Waals surface area (Å²) >= 11 is 15.4. The maximum Gasteiger partial charge on any atom is 0.409 e. The Morgan fingerprint density at radius 2 is 1.44 bits per heavy atom. The maximum absolute atomic E-state index is 11.0. The molecule has 0 aliphatic carbocycles. The van der Waals surface area contributed by atoms with E-state index in [1.165, 1.54) is 12.4 Å². The van der Waals surface area contributed by atoms with E-state index in [1.54, 1.807) is 29.1 Å². The molecule has 1 aliphatic heterocycles. The quantitative estimate of drug-likeness (QED) is 0.484. The van der Waals surface area contributed by atoms with Gasteiger partial charge in [-0.2, -0.15) is 0 Å². The topological polar surface area (TPSA) is 56.8 Å². The zero-order chi connectivity index (χ0) is 19.5. The lowest BCUT2D eigenvalue weighted by Crippen LogP contribution is -2.21. The Hall–Kier alpha value is -0.690. The van der Waals surface area contributed by atoms with Gasteiger partial charge in [0.2, 0.25) is 6.79 Å². The van der Waals surface area contributed by atoms with Gasteiger partial charge in [-0.3, -0.25) is 0 Å². The fraction of sp³-hybridized carbons (Fsp3) is 0.188. The number of methoxy groups -OCH3 is 1. The number of rotatable bonds is 6. The Kier molecular flexibility index (Phi) is 6.83. The second-order valence-corrected chi connectivity index (χ2v) is 26.6. The molecular formula is C16H17NO4P2S4. The average Bonchev–Trinajstić information content (AvgIpc) is 2.67. The summed E-state index contributed by atoms with van der Waals surface area (Å²) in [6.45, 7) is -0.144. The molecule has 144 valence electrons. The molecule has 11 heteroatoms. The van der Waals surface area contributed by atoms with Gasteiger partial charge in [-0.05, 0) is 48.5 Å². The van der Waals surface area contributed by atoms with Crippen LogP contribution in [0.1, 0.15) is 0 Å². The van der Waals surface area contributed by atoms with Crippen LogP contribution in [-0.4, -0.2) is 27.0 Å². The van der Waals surface area contributed by atoms with Crippen LogP contribution in [0.3, 0.4) is 0 Å².